The first kappa shape index (κ1) is 17.5. The highest BCUT2D eigenvalue weighted by molar-refractivity contribution is 6.04. The molecule has 1 aliphatic rings. The Hall–Kier alpha value is -1.88. The van der Waals surface area contributed by atoms with Crippen molar-refractivity contribution in [2.45, 2.75) is 33.6 Å². The molecule has 1 saturated heterocycles. The summed E-state index contributed by atoms with van der Waals surface area (Å²) in [5.74, 6) is 0.404. The van der Waals surface area contributed by atoms with Gasteiger partial charge in [0.1, 0.15) is 0 Å². The van der Waals surface area contributed by atoms with E-state index in [1.807, 2.05) is 32.9 Å². The highest BCUT2D eigenvalue weighted by Gasteiger charge is 2.23. The van der Waals surface area contributed by atoms with Crippen LogP contribution in [0, 0.1) is 11.3 Å². The lowest BCUT2D eigenvalue weighted by Gasteiger charge is -2.19. The van der Waals surface area contributed by atoms with E-state index in [9.17, 15) is 9.59 Å². The molecule has 0 aromatic heterocycles. The zero-order chi connectivity index (χ0) is 16.9. The lowest BCUT2D eigenvalue weighted by Crippen LogP contribution is -2.30. The number of para-hydroxylation sites is 1. The van der Waals surface area contributed by atoms with E-state index in [4.69, 9.17) is 0 Å². The second-order valence-corrected chi connectivity index (χ2v) is 7.15. The molecule has 1 heterocycles. The third kappa shape index (κ3) is 5.06. The van der Waals surface area contributed by atoms with Crippen molar-refractivity contribution in [2.24, 2.45) is 11.3 Å². The van der Waals surface area contributed by atoms with Gasteiger partial charge < -0.3 is 16.0 Å². The molecule has 0 radical (unpaired) electrons. The molecule has 5 nitrogen and oxygen atoms in total. The Bertz CT molecular complexity index is 558. The van der Waals surface area contributed by atoms with Crippen molar-refractivity contribution in [3.8, 4) is 0 Å². The average molecular weight is 317 g/mol. The van der Waals surface area contributed by atoms with Gasteiger partial charge in [-0.3, -0.25) is 9.59 Å². The van der Waals surface area contributed by atoms with Gasteiger partial charge in [-0.25, -0.2) is 0 Å². The third-order valence-electron chi connectivity index (χ3n) is 4.10. The monoisotopic (exact) mass is 317 g/mol. The van der Waals surface area contributed by atoms with E-state index in [-0.39, 0.29) is 11.8 Å². The predicted octanol–water partition coefficient (Wildman–Crippen LogP) is 2.40. The summed E-state index contributed by atoms with van der Waals surface area (Å²) in [6.07, 6.45) is 2.16. The molecule has 2 amide bonds. The van der Waals surface area contributed by atoms with Crippen LogP contribution in [0.2, 0.25) is 0 Å². The van der Waals surface area contributed by atoms with Gasteiger partial charge in [-0.1, -0.05) is 32.9 Å². The first-order chi connectivity index (χ1) is 10.9. The van der Waals surface area contributed by atoms with Crippen LogP contribution in [0.25, 0.3) is 0 Å². The summed E-state index contributed by atoms with van der Waals surface area (Å²) < 4.78 is 0. The molecule has 1 aromatic carbocycles. The molecule has 1 fully saturated rings. The van der Waals surface area contributed by atoms with E-state index in [2.05, 4.69) is 16.0 Å². The van der Waals surface area contributed by atoms with Crippen LogP contribution in [0.1, 0.15) is 44.0 Å². The Morgan fingerprint density at radius 1 is 1.26 bits per heavy atom. The number of hydrogen-bond acceptors (Lipinski definition) is 3. The van der Waals surface area contributed by atoms with Crippen LogP contribution in [-0.2, 0) is 4.79 Å². The summed E-state index contributed by atoms with van der Waals surface area (Å²) in [5.41, 5.74) is 0.570. The Morgan fingerprint density at radius 2 is 2.00 bits per heavy atom. The number of anilines is 1. The van der Waals surface area contributed by atoms with E-state index in [0.29, 0.717) is 23.7 Å². The summed E-state index contributed by atoms with van der Waals surface area (Å²) in [6, 6.07) is 7.13. The number of hydrogen-bond donors (Lipinski definition) is 3. The maximum Gasteiger partial charge on any atom is 0.253 e. The van der Waals surface area contributed by atoms with Crippen LogP contribution in [-0.4, -0.2) is 31.4 Å². The summed E-state index contributed by atoms with van der Waals surface area (Å²) in [6.45, 7) is 8.31. The molecule has 1 atom stereocenters. The number of nitrogens with one attached hydrogen (secondary N) is 3. The first-order valence-electron chi connectivity index (χ1n) is 8.27. The summed E-state index contributed by atoms with van der Waals surface area (Å²) in [7, 11) is 0. The van der Waals surface area contributed by atoms with Gasteiger partial charge >= 0.3 is 0 Å². The summed E-state index contributed by atoms with van der Waals surface area (Å²) >= 11 is 0. The molecule has 0 aliphatic carbocycles. The average Bonchev–Trinajstić information content (AvgIpc) is 3.00. The molecule has 1 aromatic rings. The molecule has 1 aliphatic heterocycles. The largest absolute Gasteiger partial charge is 0.352 e. The fraction of sp³-hybridized carbons (Fsp3) is 0.556. The van der Waals surface area contributed by atoms with Crippen molar-refractivity contribution in [3.63, 3.8) is 0 Å². The minimum Gasteiger partial charge on any atom is -0.352 e. The minimum absolute atomic E-state index is 0.102. The molecule has 3 N–H and O–H groups in total. The number of amides is 2. The molecule has 0 bridgehead atoms. The van der Waals surface area contributed by atoms with Crippen LogP contribution < -0.4 is 16.0 Å². The topological polar surface area (TPSA) is 70.2 Å². The number of rotatable bonds is 5. The molecule has 0 spiro atoms. The zero-order valence-corrected chi connectivity index (χ0v) is 14.2. The normalized spacial score (nSPS) is 17.8. The van der Waals surface area contributed by atoms with Gasteiger partial charge in [-0.2, -0.15) is 0 Å². The van der Waals surface area contributed by atoms with E-state index in [0.717, 1.165) is 19.5 Å². The van der Waals surface area contributed by atoms with Crippen LogP contribution in [0.5, 0.6) is 0 Å². The van der Waals surface area contributed by atoms with Crippen LogP contribution >= 0.6 is 0 Å². The van der Waals surface area contributed by atoms with Crippen LogP contribution in [0.15, 0.2) is 24.3 Å². The van der Waals surface area contributed by atoms with Crippen molar-refractivity contribution in [1.29, 1.82) is 0 Å². The number of carbonyl (C=O) groups excluding carboxylic acids is 2. The van der Waals surface area contributed by atoms with Crippen molar-refractivity contribution in [1.82, 2.24) is 10.6 Å². The van der Waals surface area contributed by atoms with Crippen molar-refractivity contribution in [3.05, 3.63) is 29.8 Å². The van der Waals surface area contributed by atoms with E-state index in [1.165, 1.54) is 6.42 Å². The summed E-state index contributed by atoms with van der Waals surface area (Å²) in [5, 5.41) is 9.14. The summed E-state index contributed by atoms with van der Waals surface area (Å²) in [4.78, 5) is 24.5. The molecular formula is C18H27N3O2. The molecule has 126 valence electrons. The van der Waals surface area contributed by atoms with E-state index >= 15 is 0 Å². The Balaban J connectivity index is 1.95. The molecule has 2 rings (SSSR count). The van der Waals surface area contributed by atoms with E-state index in [1.54, 1.807) is 12.1 Å². The minimum atomic E-state index is -0.501. The van der Waals surface area contributed by atoms with Gasteiger partial charge in [0, 0.05) is 12.0 Å². The van der Waals surface area contributed by atoms with Crippen LogP contribution in [0.3, 0.4) is 0 Å². The molecular weight excluding hydrogens is 290 g/mol. The van der Waals surface area contributed by atoms with Gasteiger partial charge in [-0.15, -0.1) is 0 Å². The lowest BCUT2D eigenvalue weighted by atomic mass is 9.95. The van der Waals surface area contributed by atoms with Crippen LogP contribution in [0.4, 0.5) is 5.69 Å². The zero-order valence-electron chi connectivity index (χ0n) is 14.2. The van der Waals surface area contributed by atoms with E-state index < -0.39 is 5.41 Å². The highest BCUT2D eigenvalue weighted by Crippen LogP contribution is 2.20. The smallest absolute Gasteiger partial charge is 0.253 e. The fourth-order valence-corrected chi connectivity index (χ4v) is 2.55. The lowest BCUT2D eigenvalue weighted by molar-refractivity contribution is -0.123. The fourth-order valence-electron chi connectivity index (χ4n) is 2.55. The quantitative estimate of drug-likeness (QED) is 0.781. The third-order valence-corrected chi connectivity index (χ3v) is 4.10. The molecule has 23 heavy (non-hydrogen) atoms. The highest BCUT2D eigenvalue weighted by atomic mass is 16.2. The molecule has 0 saturated carbocycles. The number of carbonyl (C=O) groups is 2. The standard InChI is InChI=1S/C18H27N3O2/c1-18(2,3)17(23)21-15-7-5-4-6-14(15)16(22)20-11-9-13-8-10-19-12-13/h4-7,13,19H,8-12H2,1-3H3,(H,20,22)(H,21,23). The molecule has 5 heteroatoms. The maximum absolute atomic E-state index is 12.4. The molecule has 1 unspecified atom stereocenters. The van der Waals surface area contributed by atoms with Gasteiger partial charge in [0.25, 0.3) is 5.91 Å². The van der Waals surface area contributed by atoms with Gasteiger partial charge in [-0.05, 0) is 44.0 Å². The second kappa shape index (κ2) is 7.59. The van der Waals surface area contributed by atoms with Crippen molar-refractivity contribution >= 4 is 17.5 Å². The van der Waals surface area contributed by atoms with Gasteiger partial charge in [0.05, 0.1) is 11.3 Å². The second-order valence-electron chi connectivity index (χ2n) is 7.15. The van der Waals surface area contributed by atoms with Gasteiger partial charge in [0.2, 0.25) is 5.91 Å². The van der Waals surface area contributed by atoms with Gasteiger partial charge in [0.15, 0.2) is 0 Å². The first-order valence-corrected chi connectivity index (χ1v) is 8.27. The van der Waals surface area contributed by atoms with Crippen molar-refractivity contribution in [2.75, 3.05) is 25.0 Å². The Kier molecular flexibility index (Phi) is 5.77. The number of benzene rings is 1. The Labute approximate surface area is 138 Å². The van der Waals surface area contributed by atoms with Crippen molar-refractivity contribution < 1.29 is 9.59 Å². The maximum atomic E-state index is 12.4. The SMILES string of the molecule is CC(C)(C)C(=O)Nc1ccccc1C(=O)NCCC1CCNC1. The Morgan fingerprint density at radius 3 is 2.65 bits per heavy atom. The predicted molar refractivity (Wildman–Crippen MR) is 92.5 cm³/mol.